The number of benzene rings is 3. The number of sulfonamides is 1. The minimum Gasteiger partial charge on any atom is -0.497 e. The Morgan fingerprint density at radius 2 is 1.62 bits per heavy atom. The number of ether oxygens (including phenoxy) is 1. The van der Waals surface area contributed by atoms with E-state index >= 15 is 0 Å². The lowest BCUT2D eigenvalue weighted by Gasteiger charge is -2.33. The van der Waals surface area contributed by atoms with Gasteiger partial charge < -0.3 is 15.0 Å². The summed E-state index contributed by atoms with van der Waals surface area (Å²) in [6.07, 6.45) is 0. The van der Waals surface area contributed by atoms with Crippen molar-refractivity contribution in [3.8, 4) is 5.75 Å². The van der Waals surface area contributed by atoms with Gasteiger partial charge in [-0.15, -0.1) is 0 Å². The fraction of sp³-hybridized carbons (Fsp3) is 0.310. The molecule has 0 saturated heterocycles. The zero-order valence-electron chi connectivity index (χ0n) is 22.7. The van der Waals surface area contributed by atoms with Crippen molar-refractivity contribution in [1.29, 1.82) is 0 Å². The van der Waals surface area contributed by atoms with Crippen LogP contribution in [0.3, 0.4) is 0 Å². The molecule has 0 spiro atoms. The highest BCUT2D eigenvalue weighted by Gasteiger charge is 2.33. The molecule has 1 N–H and O–H groups in total. The fourth-order valence-electron chi connectivity index (χ4n) is 3.88. The Labute approximate surface area is 244 Å². The lowest BCUT2D eigenvalue weighted by atomic mass is 10.1. The number of anilines is 1. The average molecular weight is 664 g/mol. The standard InChI is InChI=1S/C29H34IN3O5S/c1-21(28(35)31-29(2,3)4)32(19-22-10-9-11-25(18-22)38-5)27(34)20-33(24-16-14-23(30)15-17-24)39(36,37)26-12-7-6-8-13-26/h6-18,21H,19-20H2,1-5H3,(H,31,35)/t21-/m0/s1. The van der Waals surface area contributed by atoms with E-state index in [1.807, 2.05) is 26.8 Å². The highest BCUT2D eigenvalue weighted by Crippen LogP contribution is 2.25. The first-order valence-electron chi connectivity index (χ1n) is 12.4. The number of carbonyl (C=O) groups is 2. The maximum Gasteiger partial charge on any atom is 0.264 e. The second-order valence-corrected chi connectivity index (χ2v) is 13.2. The van der Waals surface area contributed by atoms with Gasteiger partial charge in [0.15, 0.2) is 0 Å². The van der Waals surface area contributed by atoms with E-state index < -0.39 is 34.1 Å². The smallest absolute Gasteiger partial charge is 0.264 e. The summed E-state index contributed by atoms with van der Waals surface area (Å²) in [5.41, 5.74) is 0.575. The summed E-state index contributed by atoms with van der Waals surface area (Å²) in [5, 5.41) is 2.92. The van der Waals surface area contributed by atoms with Crippen molar-refractivity contribution in [3.63, 3.8) is 0 Å². The molecule has 0 saturated carbocycles. The van der Waals surface area contributed by atoms with Gasteiger partial charge in [0.25, 0.3) is 10.0 Å². The molecule has 39 heavy (non-hydrogen) atoms. The topological polar surface area (TPSA) is 96.0 Å². The molecule has 8 nitrogen and oxygen atoms in total. The monoisotopic (exact) mass is 663 g/mol. The predicted octanol–water partition coefficient (Wildman–Crippen LogP) is 4.83. The average Bonchev–Trinajstić information content (AvgIpc) is 2.90. The summed E-state index contributed by atoms with van der Waals surface area (Å²) >= 11 is 2.14. The zero-order valence-corrected chi connectivity index (χ0v) is 25.7. The number of amides is 2. The lowest BCUT2D eigenvalue weighted by molar-refractivity contribution is -0.140. The molecule has 3 aromatic carbocycles. The molecule has 10 heteroatoms. The normalized spacial score (nSPS) is 12.4. The largest absolute Gasteiger partial charge is 0.497 e. The Bertz CT molecular complexity index is 1390. The maximum atomic E-state index is 13.9. The second-order valence-electron chi connectivity index (χ2n) is 10.1. The summed E-state index contributed by atoms with van der Waals surface area (Å²) in [6, 6.07) is 21.2. The number of carbonyl (C=O) groups excluding carboxylic acids is 2. The van der Waals surface area contributed by atoms with Crippen LogP contribution >= 0.6 is 22.6 Å². The van der Waals surface area contributed by atoms with Gasteiger partial charge in [-0.3, -0.25) is 13.9 Å². The summed E-state index contributed by atoms with van der Waals surface area (Å²) in [7, 11) is -2.54. The quantitative estimate of drug-likeness (QED) is 0.314. The van der Waals surface area contributed by atoms with Gasteiger partial charge >= 0.3 is 0 Å². The van der Waals surface area contributed by atoms with Crippen LogP contribution in [0, 0.1) is 3.57 Å². The van der Waals surface area contributed by atoms with Crippen LogP contribution in [0.25, 0.3) is 0 Å². The predicted molar refractivity (Wildman–Crippen MR) is 161 cm³/mol. The van der Waals surface area contributed by atoms with Crippen molar-refractivity contribution in [1.82, 2.24) is 10.2 Å². The zero-order chi connectivity index (χ0) is 28.8. The summed E-state index contributed by atoms with van der Waals surface area (Å²) in [5.74, 6) is -0.253. The molecular weight excluding hydrogens is 629 g/mol. The van der Waals surface area contributed by atoms with Crippen molar-refractivity contribution in [2.24, 2.45) is 0 Å². The van der Waals surface area contributed by atoms with Crippen LogP contribution in [-0.2, 0) is 26.2 Å². The van der Waals surface area contributed by atoms with Gasteiger partial charge in [0.1, 0.15) is 18.3 Å². The molecule has 3 aromatic rings. The molecule has 2 amide bonds. The summed E-state index contributed by atoms with van der Waals surface area (Å²) in [6.45, 7) is 6.81. The molecular formula is C29H34IN3O5S. The van der Waals surface area contributed by atoms with Gasteiger partial charge in [-0.1, -0.05) is 30.3 Å². The Hall–Kier alpha value is -3.12. The molecule has 0 aliphatic rings. The first-order valence-corrected chi connectivity index (χ1v) is 14.9. The van der Waals surface area contributed by atoms with Crippen molar-refractivity contribution in [2.45, 2.75) is 50.7 Å². The third-order valence-corrected chi connectivity index (χ3v) is 8.38. The van der Waals surface area contributed by atoms with E-state index in [0.717, 1.165) is 13.4 Å². The van der Waals surface area contributed by atoms with E-state index in [4.69, 9.17) is 4.74 Å². The molecule has 0 aromatic heterocycles. The highest BCUT2D eigenvalue weighted by atomic mass is 127. The highest BCUT2D eigenvalue weighted by molar-refractivity contribution is 14.1. The molecule has 0 bridgehead atoms. The van der Waals surface area contributed by atoms with Gasteiger partial charge in [0, 0.05) is 15.7 Å². The first-order chi connectivity index (χ1) is 18.3. The number of rotatable bonds is 10. The van der Waals surface area contributed by atoms with Crippen LogP contribution in [0.5, 0.6) is 5.75 Å². The second kappa shape index (κ2) is 12.8. The number of methoxy groups -OCH3 is 1. The van der Waals surface area contributed by atoms with Gasteiger partial charge in [0.05, 0.1) is 17.7 Å². The molecule has 0 fully saturated rings. The minimum absolute atomic E-state index is 0.0641. The Morgan fingerprint density at radius 1 is 0.974 bits per heavy atom. The molecule has 208 valence electrons. The molecule has 3 rings (SSSR count). The Kier molecular flexibility index (Phi) is 10.0. The van der Waals surface area contributed by atoms with Crippen molar-refractivity contribution >= 4 is 50.1 Å². The lowest BCUT2D eigenvalue weighted by Crippen LogP contribution is -2.54. The van der Waals surface area contributed by atoms with E-state index in [-0.39, 0.29) is 17.3 Å². The summed E-state index contributed by atoms with van der Waals surface area (Å²) < 4.78 is 34.9. The van der Waals surface area contributed by atoms with Crippen molar-refractivity contribution in [3.05, 3.63) is 88.0 Å². The maximum absolute atomic E-state index is 13.9. The number of hydrogen-bond donors (Lipinski definition) is 1. The van der Waals surface area contributed by atoms with E-state index in [1.165, 1.54) is 17.0 Å². The molecule has 0 unspecified atom stereocenters. The van der Waals surface area contributed by atoms with E-state index in [0.29, 0.717) is 11.4 Å². The fourth-order valence-corrected chi connectivity index (χ4v) is 5.67. The van der Waals surface area contributed by atoms with Gasteiger partial charge in [0.2, 0.25) is 11.8 Å². The number of nitrogens with one attached hydrogen (secondary N) is 1. The first kappa shape index (κ1) is 30.4. The molecule has 0 radical (unpaired) electrons. The van der Waals surface area contributed by atoms with Crippen LogP contribution in [0.4, 0.5) is 5.69 Å². The van der Waals surface area contributed by atoms with E-state index in [1.54, 1.807) is 74.7 Å². The van der Waals surface area contributed by atoms with Crippen LogP contribution in [0.1, 0.15) is 33.3 Å². The van der Waals surface area contributed by atoms with Crippen LogP contribution in [0.15, 0.2) is 83.8 Å². The van der Waals surface area contributed by atoms with Gasteiger partial charge in [-0.25, -0.2) is 8.42 Å². The van der Waals surface area contributed by atoms with Crippen molar-refractivity contribution in [2.75, 3.05) is 18.0 Å². The van der Waals surface area contributed by atoms with Gasteiger partial charge in [-0.05, 0) is 104 Å². The summed E-state index contributed by atoms with van der Waals surface area (Å²) in [4.78, 5) is 28.6. The molecule has 0 heterocycles. The third kappa shape index (κ3) is 8.18. The molecule has 1 atom stereocenters. The number of halogens is 1. The van der Waals surface area contributed by atoms with E-state index in [9.17, 15) is 18.0 Å². The van der Waals surface area contributed by atoms with Crippen LogP contribution in [-0.4, -0.2) is 50.4 Å². The number of hydrogen-bond acceptors (Lipinski definition) is 5. The van der Waals surface area contributed by atoms with Crippen LogP contribution in [0.2, 0.25) is 0 Å². The molecule has 0 aliphatic carbocycles. The Balaban J connectivity index is 2.03. The molecule has 0 aliphatic heterocycles. The van der Waals surface area contributed by atoms with Crippen LogP contribution < -0.4 is 14.4 Å². The third-order valence-electron chi connectivity index (χ3n) is 5.88. The minimum atomic E-state index is -4.09. The van der Waals surface area contributed by atoms with Gasteiger partial charge in [-0.2, -0.15) is 0 Å². The van der Waals surface area contributed by atoms with E-state index in [2.05, 4.69) is 27.9 Å². The Morgan fingerprint density at radius 3 is 2.21 bits per heavy atom. The SMILES string of the molecule is COc1cccc(CN(C(=O)CN(c2ccc(I)cc2)S(=O)(=O)c2ccccc2)[C@@H](C)C(=O)NC(C)(C)C)c1. The number of nitrogens with zero attached hydrogens (tertiary/aromatic N) is 2. The van der Waals surface area contributed by atoms with Crippen molar-refractivity contribution < 1.29 is 22.7 Å².